The van der Waals surface area contributed by atoms with Gasteiger partial charge in [-0.15, -0.1) is 0 Å². The number of benzene rings is 3. The Bertz CT molecular complexity index is 1360. The van der Waals surface area contributed by atoms with E-state index < -0.39 is 56.1 Å². The highest BCUT2D eigenvalue weighted by molar-refractivity contribution is 6.35. The summed E-state index contributed by atoms with van der Waals surface area (Å²) in [7, 11) is 0. The van der Waals surface area contributed by atoms with Gasteiger partial charge in [-0.1, -0.05) is 42.6 Å². The van der Waals surface area contributed by atoms with Gasteiger partial charge in [-0.3, -0.25) is 0 Å². The molecule has 0 radical (unpaired) electrons. The molecule has 2 saturated carbocycles. The van der Waals surface area contributed by atoms with Crippen molar-refractivity contribution in [3.05, 3.63) is 74.8 Å². The summed E-state index contributed by atoms with van der Waals surface area (Å²) < 4.78 is 91.8. The summed E-state index contributed by atoms with van der Waals surface area (Å²) in [6.45, 7) is 2.25. The highest BCUT2D eigenvalue weighted by atomic mass is 35.5. The van der Waals surface area contributed by atoms with Gasteiger partial charge in [0.1, 0.15) is 11.6 Å². The van der Waals surface area contributed by atoms with Crippen molar-refractivity contribution in [1.82, 2.24) is 0 Å². The van der Waals surface area contributed by atoms with Crippen molar-refractivity contribution in [1.29, 1.82) is 0 Å². The zero-order valence-corrected chi connectivity index (χ0v) is 21.4. The molecule has 0 aliphatic heterocycles. The van der Waals surface area contributed by atoms with Crippen LogP contribution in [0, 0.1) is 41.0 Å². The van der Waals surface area contributed by atoms with E-state index in [1.807, 2.05) is 0 Å². The van der Waals surface area contributed by atoms with E-state index in [0.717, 1.165) is 50.3 Å². The monoisotopic (exact) mass is 560 g/mol. The molecule has 0 amide bonds. The number of hydrogen-bond acceptors (Lipinski definition) is 1. The summed E-state index contributed by atoms with van der Waals surface area (Å²) in [6.07, 6.45) is 1.88. The van der Waals surface area contributed by atoms with Crippen molar-refractivity contribution in [2.45, 2.75) is 57.5 Å². The number of alkyl halides is 2. The highest BCUT2D eigenvalue weighted by Gasteiger charge is 2.41. The van der Waals surface area contributed by atoms with Crippen molar-refractivity contribution in [3.63, 3.8) is 0 Å². The highest BCUT2D eigenvalue weighted by Crippen LogP contribution is 2.49. The van der Waals surface area contributed by atoms with E-state index in [2.05, 4.69) is 6.92 Å². The van der Waals surface area contributed by atoms with Crippen LogP contribution >= 0.6 is 23.2 Å². The molecule has 3 aromatic carbocycles. The fraction of sp³-hybridized carbons (Fsp3) is 0.429. The van der Waals surface area contributed by atoms with E-state index in [1.165, 1.54) is 12.5 Å². The molecule has 5 rings (SSSR count). The second kappa shape index (κ2) is 9.88. The number of hydrogen-bond donors (Lipinski definition) is 0. The Morgan fingerprint density at radius 2 is 1.54 bits per heavy atom. The van der Waals surface area contributed by atoms with Crippen LogP contribution in [0.2, 0.25) is 10.0 Å². The molecule has 0 aromatic heterocycles. The molecule has 2 aliphatic rings. The fourth-order valence-corrected chi connectivity index (χ4v) is 6.72. The van der Waals surface area contributed by atoms with Crippen LogP contribution in [0.3, 0.4) is 0 Å². The molecule has 3 aromatic rings. The minimum absolute atomic E-state index is 0.0970. The molecule has 2 aliphatic carbocycles. The SMILES string of the molecule is CC1CCC2CC(c3ccc(C(F)(F)Oc4cc(Cl)c5c(F)c(F)c(F)cc5c4)c(Cl)c3F)CCC2C1. The van der Waals surface area contributed by atoms with E-state index >= 15 is 13.2 Å². The number of rotatable bonds is 4. The van der Waals surface area contributed by atoms with Gasteiger partial charge in [-0.2, -0.15) is 8.78 Å². The van der Waals surface area contributed by atoms with Crippen LogP contribution < -0.4 is 4.74 Å². The molecule has 9 heteroatoms. The maximum absolute atomic E-state index is 15.3. The molecular formula is C28H24Cl2F6O. The van der Waals surface area contributed by atoms with Crippen LogP contribution in [-0.2, 0) is 6.11 Å². The summed E-state index contributed by atoms with van der Waals surface area (Å²) in [4.78, 5) is 0. The van der Waals surface area contributed by atoms with Crippen LogP contribution in [-0.4, -0.2) is 0 Å². The van der Waals surface area contributed by atoms with Gasteiger partial charge in [-0.25, -0.2) is 17.6 Å². The number of ether oxygens (including phenoxy) is 1. The van der Waals surface area contributed by atoms with Gasteiger partial charge in [0.15, 0.2) is 17.5 Å². The normalized spacial score (nSPS) is 24.2. The van der Waals surface area contributed by atoms with Gasteiger partial charge >= 0.3 is 6.11 Å². The van der Waals surface area contributed by atoms with Crippen molar-refractivity contribution in [2.24, 2.45) is 17.8 Å². The molecule has 0 heterocycles. The molecule has 4 unspecified atom stereocenters. The first-order valence-electron chi connectivity index (χ1n) is 12.3. The molecule has 2 fully saturated rings. The van der Waals surface area contributed by atoms with Gasteiger partial charge in [0.2, 0.25) is 0 Å². The van der Waals surface area contributed by atoms with Gasteiger partial charge in [0, 0.05) is 5.39 Å². The summed E-state index contributed by atoms with van der Waals surface area (Å²) in [6, 6.07) is 4.75. The van der Waals surface area contributed by atoms with Crippen LogP contribution in [0.5, 0.6) is 5.75 Å². The number of halogens is 8. The molecule has 37 heavy (non-hydrogen) atoms. The average molecular weight is 561 g/mol. The van der Waals surface area contributed by atoms with Gasteiger partial charge in [0.25, 0.3) is 0 Å². The second-order valence-electron chi connectivity index (χ2n) is 10.4. The first kappa shape index (κ1) is 26.5. The predicted octanol–water partition coefficient (Wildman–Crippen LogP) is 10.2. The topological polar surface area (TPSA) is 9.23 Å². The third-order valence-corrected chi connectivity index (χ3v) is 8.65. The third-order valence-electron chi connectivity index (χ3n) is 7.99. The lowest BCUT2D eigenvalue weighted by atomic mass is 9.64. The van der Waals surface area contributed by atoms with Crippen molar-refractivity contribution < 1.29 is 31.1 Å². The quantitative estimate of drug-likeness (QED) is 0.228. The second-order valence-corrected chi connectivity index (χ2v) is 11.2. The summed E-state index contributed by atoms with van der Waals surface area (Å²) in [5.74, 6) is -4.52. The first-order chi connectivity index (χ1) is 17.5. The lowest BCUT2D eigenvalue weighted by molar-refractivity contribution is -0.185. The Hall–Kier alpha value is -2.12. The van der Waals surface area contributed by atoms with Crippen LogP contribution in [0.4, 0.5) is 26.3 Å². The Balaban J connectivity index is 1.41. The van der Waals surface area contributed by atoms with Gasteiger partial charge < -0.3 is 4.74 Å². The van der Waals surface area contributed by atoms with E-state index in [-0.39, 0.29) is 11.3 Å². The van der Waals surface area contributed by atoms with Crippen LogP contribution in [0.1, 0.15) is 62.5 Å². The smallest absolute Gasteiger partial charge is 0.428 e. The van der Waals surface area contributed by atoms with E-state index in [1.54, 1.807) is 0 Å². The lowest BCUT2D eigenvalue weighted by Gasteiger charge is -2.41. The summed E-state index contributed by atoms with van der Waals surface area (Å²) in [5, 5.41) is -1.96. The Morgan fingerprint density at radius 3 is 2.30 bits per heavy atom. The maximum atomic E-state index is 15.3. The van der Waals surface area contributed by atoms with E-state index in [4.69, 9.17) is 27.9 Å². The van der Waals surface area contributed by atoms with E-state index in [0.29, 0.717) is 29.4 Å². The zero-order valence-electron chi connectivity index (χ0n) is 19.9. The molecule has 4 atom stereocenters. The van der Waals surface area contributed by atoms with Gasteiger partial charge in [0.05, 0.1) is 15.6 Å². The Kier molecular flexibility index (Phi) is 7.07. The first-order valence-corrected chi connectivity index (χ1v) is 13.0. The van der Waals surface area contributed by atoms with E-state index in [9.17, 15) is 13.2 Å². The molecule has 1 nitrogen and oxygen atoms in total. The molecule has 0 N–H and O–H groups in total. The van der Waals surface area contributed by atoms with Crippen molar-refractivity contribution >= 4 is 34.0 Å². The molecule has 0 saturated heterocycles. The standard InChI is InChI=1S/C28H24Cl2F6O/c1-13-2-3-15-9-16(5-4-14(15)8-13)19-6-7-20(24(30)25(19)32)28(35,36)37-18-10-17-11-22(31)26(33)27(34)23(17)21(29)12-18/h6-7,10-16H,2-5,8-9H2,1H3. The molecule has 0 bridgehead atoms. The predicted molar refractivity (Wildman–Crippen MR) is 131 cm³/mol. The molecular weight excluding hydrogens is 537 g/mol. The zero-order chi connectivity index (χ0) is 26.6. The van der Waals surface area contributed by atoms with Crippen molar-refractivity contribution in [2.75, 3.05) is 0 Å². The number of fused-ring (bicyclic) bond motifs is 2. The van der Waals surface area contributed by atoms with Crippen molar-refractivity contribution in [3.8, 4) is 5.75 Å². The summed E-state index contributed by atoms with van der Waals surface area (Å²) >= 11 is 12.1. The van der Waals surface area contributed by atoms with Crippen LogP contribution in [0.25, 0.3) is 10.8 Å². The maximum Gasteiger partial charge on any atom is 0.428 e. The fourth-order valence-electron chi connectivity index (χ4n) is 6.13. The Labute approximate surface area is 220 Å². The molecule has 198 valence electrons. The average Bonchev–Trinajstić information content (AvgIpc) is 2.83. The molecule has 0 spiro atoms. The van der Waals surface area contributed by atoms with Gasteiger partial charge in [-0.05, 0) is 91.0 Å². The minimum Gasteiger partial charge on any atom is -0.429 e. The Morgan fingerprint density at radius 1 is 0.838 bits per heavy atom. The largest absolute Gasteiger partial charge is 0.429 e. The lowest BCUT2D eigenvalue weighted by Crippen LogP contribution is -2.30. The summed E-state index contributed by atoms with van der Waals surface area (Å²) in [5.41, 5.74) is -0.563. The third kappa shape index (κ3) is 4.89. The minimum atomic E-state index is -4.10. The van der Waals surface area contributed by atoms with Crippen LogP contribution in [0.15, 0.2) is 30.3 Å².